The summed E-state index contributed by atoms with van der Waals surface area (Å²) in [5, 5.41) is 1.07. The van der Waals surface area contributed by atoms with Crippen LogP contribution in [0, 0.1) is 5.92 Å². The molecule has 0 aliphatic carbocycles. The lowest BCUT2D eigenvalue weighted by atomic mass is 9.95. The number of rotatable bonds is 7. The number of nitrogens with zero attached hydrogens (tertiary/aromatic N) is 3. The van der Waals surface area contributed by atoms with Gasteiger partial charge in [0.2, 0.25) is 5.91 Å². The predicted octanol–water partition coefficient (Wildman–Crippen LogP) is 3.10. The molecule has 8 nitrogen and oxygen atoms in total. The summed E-state index contributed by atoms with van der Waals surface area (Å²) in [7, 11) is 1.58. The first-order valence-corrected chi connectivity index (χ1v) is 11.6. The Labute approximate surface area is 202 Å². The highest BCUT2D eigenvalue weighted by atomic mass is 35.5. The molecule has 0 saturated carbocycles. The third-order valence-corrected chi connectivity index (χ3v) is 6.28. The molecule has 1 unspecified atom stereocenters. The molecule has 1 aliphatic rings. The summed E-state index contributed by atoms with van der Waals surface area (Å²) in [5.74, 6) is -0.119. The summed E-state index contributed by atoms with van der Waals surface area (Å²) in [4.78, 5) is 49.6. The van der Waals surface area contributed by atoms with Crippen LogP contribution >= 0.6 is 11.6 Å². The Morgan fingerprint density at radius 1 is 1.21 bits per heavy atom. The number of ether oxygens (including phenoxy) is 1. The van der Waals surface area contributed by atoms with E-state index in [0.29, 0.717) is 60.0 Å². The topological polar surface area (TPSA) is 95.6 Å². The van der Waals surface area contributed by atoms with Crippen molar-refractivity contribution in [1.29, 1.82) is 0 Å². The Balaban J connectivity index is 1.51. The lowest BCUT2D eigenvalue weighted by Crippen LogP contribution is -2.47. The van der Waals surface area contributed by atoms with Gasteiger partial charge in [0.05, 0.1) is 30.0 Å². The minimum absolute atomic E-state index is 0.0820. The Hall–Kier alpha value is -3.23. The Bertz CT molecular complexity index is 1230. The van der Waals surface area contributed by atoms with E-state index in [-0.39, 0.29) is 29.8 Å². The number of halogens is 1. The summed E-state index contributed by atoms with van der Waals surface area (Å²) < 4.78 is 5.21. The number of amides is 2. The quantitative estimate of drug-likeness (QED) is 0.558. The van der Waals surface area contributed by atoms with E-state index < -0.39 is 0 Å². The highest BCUT2D eigenvalue weighted by Gasteiger charge is 2.32. The fraction of sp³-hybridized carbons (Fsp3) is 0.360. The molecule has 34 heavy (non-hydrogen) atoms. The van der Waals surface area contributed by atoms with E-state index in [9.17, 15) is 14.4 Å². The van der Waals surface area contributed by atoms with Crippen LogP contribution in [0.4, 0.5) is 0 Å². The number of hydrogen-bond donors (Lipinski definition) is 1. The molecule has 1 saturated heterocycles. The number of methoxy groups -OCH3 is 1. The van der Waals surface area contributed by atoms with Crippen LogP contribution in [0.1, 0.15) is 29.0 Å². The lowest BCUT2D eigenvalue weighted by Gasteiger charge is -2.35. The molecule has 0 bridgehead atoms. The van der Waals surface area contributed by atoms with Crippen LogP contribution in [0.25, 0.3) is 10.9 Å². The molecule has 1 atom stereocenters. The SMILES string of the molecule is COCCN(Cc1nc2ccccc2c(=O)[nH]1)C(=O)C1CCCN(C(=O)c2ccc(Cl)cc2)C1. The van der Waals surface area contributed by atoms with Crippen LogP contribution in [0.2, 0.25) is 5.02 Å². The number of benzene rings is 2. The van der Waals surface area contributed by atoms with Crippen LogP contribution in [-0.4, -0.2) is 64.9 Å². The first-order valence-electron chi connectivity index (χ1n) is 11.3. The Kier molecular flexibility index (Phi) is 7.59. The minimum Gasteiger partial charge on any atom is -0.383 e. The van der Waals surface area contributed by atoms with Gasteiger partial charge in [0.15, 0.2) is 0 Å². The molecule has 2 amide bonds. The van der Waals surface area contributed by atoms with Crippen molar-refractivity contribution < 1.29 is 14.3 Å². The normalized spacial score (nSPS) is 15.9. The summed E-state index contributed by atoms with van der Waals surface area (Å²) in [6.07, 6.45) is 1.42. The standard InChI is InChI=1S/C25H27ClN4O4/c1-34-14-13-30(16-22-27-21-7-3-2-6-20(21)23(31)28-22)25(33)18-5-4-12-29(15-18)24(32)17-8-10-19(26)11-9-17/h2-3,6-11,18H,4-5,12-16H2,1H3,(H,27,28,31). The number of H-pyrrole nitrogens is 1. The van der Waals surface area contributed by atoms with Gasteiger partial charge in [-0.1, -0.05) is 23.7 Å². The molecule has 1 aromatic heterocycles. The third kappa shape index (κ3) is 5.46. The predicted molar refractivity (Wildman–Crippen MR) is 130 cm³/mol. The maximum Gasteiger partial charge on any atom is 0.258 e. The van der Waals surface area contributed by atoms with Gasteiger partial charge in [-0.25, -0.2) is 4.98 Å². The summed E-state index contributed by atoms with van der Waals surface area (Å²) in [6, 6.07) is 13.9. The monoisotopic (exact) mass is 482 g/mol. The second-order valence-corrected chi connectivity index (χ2v) is 8.82. The first-order chi connectivity index (χ1) is 16.5. The van der Waals surface area contributed by atoms with E-state index >= 15 is 0 Å². The second kappa shape index (κ2) is 10.8. The number of aromatic nitrogens is 2. The summed E-state index contributed by atoms with van der Waals surface area (Å²) >= 11 is 5.94. The summed E-state index contributed by atoms with van der Waals surface area (Å²) in [6.45, 7) is 1.80. The van der Waals surface area contributed by atoms with Crippen molar-refractivity contribution in [2.75, 3.05) is 33.4 Å². The molecule has 1 aliphatic heterocycles. The van der Waals surface area contributed by atoms with Crippen molar-refractivity contribution >= 4 is 34.3 Å². The Morgan fingerprint density at radius 2 is 1.97 bits per heavy atom. The van der Waals surface area contributed by atoms with Gasteiger partial charge in [-0.05, 0) is 49.2 Å². The van der Waals surface area contributed by atoms with Gasteiger partial charge in [0, 0.05) is 37.3 Å². The van der Waals surface area contributed by atoms with E-state index in [2.05, 4.69) is 9.97 Å². The highest BCUT2D eigenvalue weighted by molar-refractivity contribution is 6.30. The molecule has 178 valence electrons. The minimum atomic E-state index is -0.339. The van der Waals surface area contributed by atoms with E-state index in [1.54, 1.807) is 59.4 Å². The number of likely N-dealkylation sites (tertiary alicyclic amines) is 1. The zero-order valence-electron chi connectivity index (χ0n) is 19.0. The van der Waals surface area contributed by atoms with E-state index in [0.717, 1.165) is 6.42 Å². The van der Waals surface area contributed by atoms with Crippen LogP contribution in [-0.2, 0) is 16.1 Å². The molecule has 9 heteroatoms. The van der Waals surface area contributed by atoms with Crippen molar-refractivity contribution in [2.24, 2.45) is 5.92 Å². The van der Waals surface area contributed by atoms with Crippen molar-refractivity contribution in [3.8, 4) is 0 Å². The summed E-state index contributed by atoms with van der Waals surface area (Å²) in [5.41, 5.74) is 0.890. The van der Waals surface area contributed by atoms with Crippen LogP contribution in [0.3, 0.4) is 0 Å². The average molecular weight is 483 g/mol. The number of piperidine rings is 1. The van der Waals surface area contributed by atoms with Gasteiger partial charge >= 0.3 is 0 Å². The van der Waals surface area contributed by atoms with Crippen LogP contribution in [0.15, 0.2) is 53.3 Å². The van der Waals surface area contributed by atoms with Gasteiger partial charge < -0.3 is 19.5 Å². The molecule has 0 radical (unpaired) electrons. The molecule has 2 aromatic carbocycles. The number of carbonyl (C=O) groups excluding carboxylic acids is 2. The zero-order chi connectivity index (χ0) is 24.1. The molecular formula is C25H27ClN4O4. The highest BCUT2D eigenvalue weighted by Crippen LogP contribution is 2.22. The maximum absolute atomic E-state index is 13.5. The molecule has 1 fully saturated rings. The zero-order valence-corrected chi connectivity index (χ0v) is 19.8. The number of hydrogen-bond acceptors (Lipinski definition) is 5. The number of aromatic amines is 1. The van der Waals surface area contributed by atoms with Crippen molar-refractivity contribution in [1.82, 2.24) is 19.8 Å². The van der Waals surface area contributed by atoms with Gasteiger partial charge in [-0.3, -0.25) is 14.4 Å². The maximum atomic E-state index is 13.5. The van der Waals surface area contributed by atoms with Crippen LogP contribution < -0.4 is 5.56 Å². The molecule has 4 rings (SSSR count). The molecule has 0 spiro atoms. The smallest absolute Gasteiger partial charge is 0.258 e. The van der Waals surface area contributed by atoms with Crippen molar-refractivity contribution in [2.45, 2.75) is 19.4 Å². The molecule has 2 heterocycles. The molecule has 3 aromatic rings. The first kappa shape index (κ1) is 23.9. The van der Waals surface area contributed by atoms with E-state index in [4.69, 9.17) is 16.3 Å². The molecular weight excluding hydrogens is 456 g/mol. The van der Waals surface area contributed by atoms with E-state index in [1.807, 2.05) is 6.07 Å². The van der Waals surface area contributed by atoms with Gasteiger partial charge in [0.25, 0.3) is 11.5 Å². The van der Waals surface area contributed by atoms with Gasteiger partial charge in [0.1, 0.15) is 5.82 Å². The fourth-order valence-electron chi connectivity index (χ4n) is 4.26. The van der Waals surface area contributed by atoms with E-state index in [1.165, 1.54) is 0 Å². The number of carbonyl (C=O) groups is 2. The second-order valence-electron chi connectivity index (χ2n) is 8.38. The average Bonchev–Trinajstić information content (AvgIpc) is 2.86. The Morgan fingerprint density at radius 3 is 2.74 bits per heavy atom. The number of para-hydroxylation sites is 1. The largest absolute Gasteiger partial charge is 0.383 e. The van der Waals surface area contributed by atoms with Gasteiger partial charge in [-0.2, -0.15) is 0 Å². The fourth-order valence-corrected chi connectivity index (χ4v) is 4.38. The van der Waals surface area contributed by atoms with Gasteiger partial charge in [-0.15, -0.1) is 0 Å². The molecule has 1 N–H and O–H groups in total. The lowest BCUT2D eigenvalue weighted by molar-refractivity contribution is -0.138. The third-order valence-electron chi connectivity index (χ3n) is 6.03. The van der Waals surface area contributed by atoms with Crippen molar-refractivity contribution in [3.63, 3.8) is 0 Å². The van der Waals surface area contributed by atoms with Crippen molar-refractivity contribution in [3.05, 3.63) is 75.3 Å². The number of fused-ring (bicyclic) bond motifs is 1. The number of nitrogens with one attached hydrogen (secondary N) is 1. The van der Waals surface area contributed by atoms with Crippen LogP contribution in [0.5, 0.6) is 0 Å².